The predicted molar refractivity (Wildman–Crippen MR) is 102 cm³/mol. The van der Waals surface area contributed by atoms with Crippen LogP contribution in [-0.2, 0) is 19.0 Å². The highest BCUT2D eigenvalue weighted by Crippen LogP contribution is 2.42. The highest BCUT2D eigenvalue weighted by atomic mass is 19.4. The summed E-state index contributed by atoms with van der Waals surface area (Å²) in [6.07, 6.45) is 3.36. The van der Waals surface area contributed by atoms with E-state index in [-0.39, 0.29) is 5.56 Å². The summed E-state index contributed by atoms with van der Waals surface area (Å²) in [6, 6.07) is 0. The monoisotopic (exact) mass is 387 g/mol. The van der Waals surface area contributed by atoms with Crippen LogP contribution in [0.15, 0.2) is 18.0 Å². The molecule has 2 aliphatic carbocycles. The Morgan fingerprint density at radius 3 is 2.57 bits per heavy atom. The van der Waals surface area contributed by atoms with Crippen molar-refractivity contribution in [2.24, 2.45) is 0 Å². The minimum absolute atomic E-state index is 0.0154. The predicted octanol–water partition coefficient (Wildman–Crippen LogP) is 4.37. The molecule has 2 aliphatic rings. The number of fused-ring (bicyclic) bond motifs is 3. The molecule has 2 aromatic rings. The van der Waals surface area contributed by atoms with Crippen molar-refractivity contribution in [3.63, 3.8) is 0 Å². The summed E-state index contributed by atoms with van der Waals surface area (Å²) in [7, 11) is 1.79. The molecule has 0 aromatic carbocycles. The fourth-order valence-corrected chi connectivity index (χ4v) is 4.04. The first kappa shape index (κ1) is 18.5. The Kier molecular flexibility index (Phi) is 4.36. The van der Waals surface area contributed by atoms with Crippen LogP contribution < -0.4 is 5.32 Å². The SMILES string of the molecule is CN/C(C)=C1\C(=N)C=Cc2nc(-c3c[nH]nc3C(F)(F)F)c3c(c21)CCCC3. The summed E-state index contributed by atoms with van der Waals surface area (Å²) in [5.74, 6) is 0. The first-order valence-electron chi connectivity index (χ1n) is 9.16. The Morgan fingerprint density at radius 2 is 1.89 bits per heavy atom. The van der Waals surface area contributed by atoms with Crippen LogP contribution in [0.2, 0.25) is 0 Å². The van der Waals surface area contributed by atoms with Gasteiger partial charge in [0.25, 0.3) is 0 Å². The standard InChI is InChI=1S/C20H20F3N5/c1-10(25-2)16-14(24)7-8-15-17(16)11-5-3-4-6-12(11)18(27-15)13-9-26-28-19(13)20(21,22)23/h7-9,24-25H,3-6H2,1-2H3,(H,26,28)/b16-10+,24-14?. The first-order valence-corrected chi connectivity index (χ1v) is 9.16. The fourth-order valence-electron chi connectivity index (χ4n) is 4.04. The molecular weight excluding hydrogens is 367 g/mol. The van der Waals surface area contributed by atoms with Crippen LogP contribution in [0.1, 0.15) is 47.8 Å². The number of H-pyrrole nitrogens is 1. The normalized spacial score (nSPS) is 18.0. The van der Waals surface area contributed by atoms with Crippen LogP contribution >= 0.6 is 0 Å². The zero-order valence-corrected chi connectivity index (χ0v) is 15.6. The molecule has 5 nitrogen and oxygen atoms in total. The van der Waals surface area contributed by atoms with E-state index in [0.29, 0.717) is 23.5 Å². The van der Waals surface area contributed by atoms with Crippen molar-refractivity contribution in [3.05, 3.63) is 46.0 Å². The summed E-state index contributed by atoms with van der Waals surface area (Å²) in [6.45, 7) is 1.90. The molecule has 0 bridgehead atoms. The molecular formula is C20H20F3N5. The number of aromatic amines is 1. The first-order chi connectivity index (χ1) is 13.3. The van der Waals surface area contributed by atoms with Gasteiger partial charge in [0, 0.05) is 30.1 Å². The minimum Gasteiger partial charge on any atom is -0.391 e. The van der Waals surface area contributed by atoms with E-state index in [1.807, 2.05) is 6.92 Å². The Hall–Kier alpha value is -2.90. The van der Waals surface area contributed by atoms with Crippen molar-refractivity contribution in [3.8, 4) is 11.3 Å². The lowest BCUT2D eigenvalue weighted by atomic mass is 9.80. The maximum atomic E-state index is 13.4. The van der Waals surface area contributed by atoms with Crippen molar-refractivity contribution in [1.82, 2.24) is 20.5 Å². The number of hydrogen-bond donors (Lipinski definition) is 3. The van der Waals surface area contributed by atoms with Gasteiger partial charge in [0.15, 0.2) is 5.69 Å². The third kappa shape index (κ3) is 2.83. The molecule has 0 atom stereocenters. The summed E-state index contributed by atoms with van der Waals surface area (Å²) in [5.41, 5.74) is 4.68. The van der Waals surface area contributed by atoms with Gasteiger partial charge in [-0.15, -0.1) is 0 Å². The smallest absolute Gasteiger partial charge is 0.391 e. The molecule has 0 radical (unpaired) electrons. The average molecular weight is 387 g/mol. The quantitative estimate of drug-likeness (QED) is 0.716. The van der Waals surface area contributed by atoms with Crippen LogP contribution in [0, 0.1) is 5.41 Å². The van der Waals surface area contributed by atoms with Crippen molar-refractivity contribution < 1.29 is 13.2 Å². The van der Waals surface area contributed by atoms with Crippen LogP contribution in [0.4, 0.5) is 13.2 Å². The topological polar surface area (TPSA) is 77.5 Å². The van der Waals surface area contributed by atoms with E-state index in [2.05, 4.69) is 20.5 Å². The second-order valence-corrected chi connectivity index (χ2v) is 7.03. The molecule has 0 spiro atoms. The van der Waals surface area contributed by atoms with Gasteiger partial charge in [0.05, 0.1) is 22.7 Å². The maximum absolute atomic E-state index is 13.4. The van der Waals surface area contributed by atoms with E-state index in [1.165, 1.54) is 6.20 Å². The molecule has 0 unspecified atom stereocenters. The lowest BCUT2D eigenvalue weighted by molar-refractivity contribution is -0.140. The van der Waals surface area contributed by atoms with E-state index in [1.54, 1.807) is 19.2 Å². The van der Waals surface area contributed by atoms with Gasteiger partial charge < -0.3 is 10.7 Å². The third-order valence-corrected chi connectivity index (χ3v) is 5.39. The Bertz CT molecular complexity index is 1030. The minimum atomic E-state index is -4.56. The molecule has 0 fully saturated rings. The molecule has 0 amide bonds. The lowest BCUT2D eigenvalue weighted by Crippen LogP contribution is -2.19. The van der Waals surface area contributed by atoms with Gasteiger partial charge in [0.1, 0.15) is 0 Å². The zero-order valence-electron chi connectivity index (χ0n) is 15.6. The molecule has 0 saturated heterocycles. The molecule has 4 rings (SSSR count). The van der Waals surface area contributed by atoms with E-state index < -0.39 is 11.9 Å². The second kappa shape index (κ2) is 6.61. The summed E-state index contributed by atoms with van der Waals surface area (Å²) in [5, 5.41) is 17.2. The Morgan fingerprint density at radius 1 is 1.18 bits per heavy atom. The number of hydrogen-bond acceptors (Lipinski definition) is 4. The molecule has 2 aromatic heterocycles. The van der Waals surface area contributed by atoms with Gasteiger partial charge >= 0.3 is 6.18 Å². The van der Waals surface area contributed by atoms with Crippen LogP contribution in [0.5, 0.6) is 0 Å². The van der Waals surface area contributed by atoms with Gasteiger partial charge in [-0.3, -0.25) is 5.10 Å². The van der Waals surface area contributed by atoms with Crippen LogP contribution in [0.3, 0.4) is 0 Å². The van der Waals surface area contributed by atoms with Crippen molar-refractivity contribution in [1.29, 1.82) is 5.41 Å². The number of pyridine rings is 1. The molecule has 0 saturated carbocycles. The maximum Gasteiger partial charge on any atom is 0.435 e. The van der Waals surface area contributed by atoms with E-state index >= 15 is 0 Å². The van der Waals surface area contributed by atoms with Gasteiger partial charge in [-0.1, -0.05) is 0 Å². The highest BCUT2D eigenvalue weighted by Gasteiger charge is 2.38. The second-order valence-electron chi connectivity index (χ2n) is 7.03. The largest absolute Gasteiger partial charge is 0.435 e. The van der Waals surface area contributed by atoms with E-state index in [9.17, 15) is 13.2 Å². The summed E-state index contributed by atoms with van der Waals surface area (Å²) in [4.78, 5) is 4.64. The molecule has 8 heteroatoms. The fraction of sp³-hybridized carbons (Fsp3) is 0.350. The van der Waals surface area contributed by atoms with E-state index in [0.717, 1.165) is 47.2 Å². The molecule has 28 heavy (non-hydrogen) atoms. The van der Waals surface area contributed by atoms with Gasteiger partial charge in [0.2, 0.25) is 0 Å². The number of halogens is 3. The van der Waals surface area contributed by atoms with Crippen LogP contribution in [-0.4, -0.2) is 27.9 Å². The lowest BCUT2D eigenvalue weighted by Gasteiger charge is -2.27. The third-order valence-electron chi connectivity index (χ3n) is 5.39. The molecule has 3 N–H and O–H groups in total. The number of rotatable bonds is 2. The van der Waals surface area contributed by atoms with E-state index in [4.69, 9.17) is 5.41 Å². The van der Waals surface area contributed by atoms with Crippen molar-refractivity contribution in [2.75, 3.05) is 7.05 Å². The summed E-state index contributed by atoms with van der Waals surface area (Å²) >= 11 is 0. The number of allylic oxidation sites excluding steroid dienone is 3. The van der Waals surface area contributed by atoms with Crippen molar-refractivity contribution in [2.45, 2.75) is 38.8 Å². The number of nitrogens with one attached hydrogen (secondary N) is 3. The van der Waals surface area contributed by atoms with Crippen LogP contribution in [0.25, 0.3) is 22.9 Å². The number of aromatic nitrogens is 3. The molecule has 2 heterocycles. The Balaban J connectivity index is 2.04. The van der Waals surface area contributed by atoms with Crippen molar-refractivity contribution >= 4 is 17.4 Å². The van der Waals surface area contributed by atoms with Gasteiger partial charge in [-0.05, 0) is 55.9 Å². The average Bonchev–Trinajstić information content (AvgIpc) is 3.17. The molecule has 0 aliphatic heterocycles. The van der Waals surface area contributed by atoms with Gasteiger partial charge in [-0.25, -0.2) is 4.98 Å². The highest BCUT2D eigenvalue weighted by molar-refractivity contribution is 6.32. The van der Waals surface area contributed by atoms with Gasteiger partial charge in [-0.2, -0.15) is 18.3 Å². The zero-order chi connectivity index (χ0) is 20.1. The number of nitrogens with zero attached hydrogens (tertiary/aromatic N) is 2. The Labute approximate surface area is 160 Å². The number of alkyl halides is 3. The molecule has 146 valence electrons. The summed E-state index contributed by atoms with van der Waals surface area (Å²) < 4.78 is 40.3.